The molecule has 0 aliphatic rings. The summed E-state index contributed by atoms with van der Waals surface area (Å²) in [6, 6.07) is 13.9. The lowest BCUT2D eigenvalue weighted by Crippen LogP contribution is -1.94. The Morgan fingerprint density at radius 2 is 1.62 bits per heavy atom. The fourth-order valence-corrected chi connectivity index (χ4v) is 2.78. The van der Waals surface area contributed by atoms with Crippen molar-refractivity contribution in [1.82, 2.24) is 0 Å². The Labute approximate surface area is 128 Å². The molecule has 0 saturated carbocycles. The number of unbranched alkanes of at least 4 members (excludes halogenated alkanes) is 2. The topological polar surface area (TPSA) is 0 Å². The molecule has 0 bridgehead atoms. The average molecular weight is 284 g/mol. The first kappa shape index (κ1) is 15.8. The van der Waals surface area contributed by atoms with Crippen LogP contribution in [0.4, 0.5) is 4.39 Å². The lowest BCUT2D eigenvalue weighted by molar-refractivity contribution is 0.626. The molecule has 0 aromatic heterocycles. The van der Waals surface area contributed by atoms with E-state index < -0.39 is 0 Å². The van der Waals surface area contributed by atoms with Gasteiger partial charge in [-0.1, -0.05) is 69.5 Å². The maximum absolute atomic E-state index is 14.5. The third kappa shape index (κ3) is 4.17. The van der Waals surface area contributed by atoms with E-state index >= 15 is 0 Å². The van der Waals surface area contributed by atoms with E-state index in [0.29, 0.717) is 0 Å². The molecule has 2 rings (SSSR count). The average Bonchev–Trinajstić information content (AvgIpc) is 2.49. The van der Waals surface area contributed by atoms with Gasteiger partial charge < -0.3 is 0 Å². The summed E-state index contributed by atoms with van der Waals surface area (Å²) in [5.74, 6) is -0.0902. The summed E-state index contributed by atoms with van der Waals surface area (Å²) >= 11 is 0. The van der Waals surface area contributed by atoms with Gasteiger partial charge in [0.25, 0.3) is 0 Å². The van der Waals surface area contributed by atoms with Gasteiger partial charge in [-0.3, -0.25) is 0 Å². The summed E-state index contributed by atoms with van der Waals surface area (Å²) in [5.41, 5.74) is 4.12. The Morgan fingerprint density at radius 1 is 0.810 bits per heavy atom. The zero-order valence-electron chi connectivity index (χ0n) is 13.2. The molecule has 2 aromatic rings. The Kier molecular flexibility index (Phi) is 5.98. The van der Waals surface area contributed by atoms with Gasteiger partial charge >= 0.3 is 0 Å². The minimum absolute atomic E-state index is 0.0902. The Morgan fingerprint density at radius 3 is 2.33 bits per heavy atom. The molecule has 0 aliphatic carbocycles. The second kappa shape index (κ2) is 7.97. The Balaban J connectivity index is 2.24. The van der Waals surface area contributed by atoms with Gasteiger partial charge in [-0.2, -0.15) is 0 Å². The molecule has 0 amide bonds. The summed E-state index contributed by atoms with van der Waals surface area (Å²) in [7, 11) is 0. The molecule has 0 heterocycles. The molecule has 0 N–H and O–H groups in total. The number of halogens is 1. The molecule has 2 aromatic carbocycles. The van der Waals surface area contributed by atoms with E-state index in [0.717, 1.165) is 42.4 Å². The molecule has 0 saturated heterocycles. The van der Waals surface area contributed by atoms with Gasteiger partial charge in [0.15, 0.2) is 0 Å². The van der Waals surface area contributed by atoms with E-state index in [-0.39, 0.29) is 5.82 Å². The van der Waals surface area contributed by atoms with Crippen molar-refractivity contribution in [3.63, 3.8) is 0 Å². The molecular formula is C20H25F. The molecule has 0 atom stereocenters. The second-order valence-corrected chi connectivity index (χ2v) is 5.68. The molecule has 112 valence electrons. The van der Waals surface area contributed by atoms with Crippen LogP contribution in [0.25, 0.3) is 11.1 Å². The normalized spacial score (nSPS) is 10.8. The van der Waals surface area contributed by atoms with Crippen LogP contribution >= 0.6 is 0 Å². The smallest absolute Gasteiger partial charge is 0.131 e. The van der Waals surface area contributed by atoms with E-state index in [4.69, 9.17) is 0 Å². The minimum Gasteiger partial charge on any atom is -0.206 e. The van der Waals surface area contributed by atoms with Crippen molar-refractivity contribution in [1.29, 1.82) is 0 Å². The SMILES string of the molecule is CCCCCc1ccc(-c2ccccc2CCC)c(F)c1. The van der Waals surface area contributed by atoms with Crippen LogP contribution in [0.1, 0.15) is 50.7 Å². The highest BCUT2D eigenvalue weighted by Gasteiger charge is 2.09. The molecule has 0 nitrogen and oxygen atoms in total. The summed E-state index contributed by atoms with van der Waals surface area (Å²) in [4.78, 5) is 0. The van der Waals surface area contributed by atoms with Crippen LogP contribution in [-0.4, -0.2) is 0 Å². The lowest BCUT2D eigenvalue weighted by atomic mass is 9.95. The third-order valence-electron chi connectivity index (χ3n) is 3.93. The second-order valence-electron chi connectivity index (χ2n) is 5.68. The number of aryl methyl sites for hydroxylation is 2. The highest BCUT2D eigenvalue weighted by atomic mass is 19.1. The Bertz CT molecular complexity index is 572. The van der Waals surface area contributed by atoms with Crippen molar-refractivity contribution in [2.24, 2.45) is 0 Å². The first-order chi connectivity index (χ1) is 10.3. The molecule has 21 heavy (non-hydrogen) atoms. The minimum atomic E-state index is -0.0902. The fraction of sp³-hybridized carbons (Fsp3) is 0.400. The monoisotopic (exact) mass is 284 g/mol. The van der Waals surface area contributed by atoms with Gasteiger partial charge in [0.1, 0.15) is 5.82 Å². The molecule has 0 radical (unpaired) electrons. The van der Waals surface area contributed by atoms with Gasteiger partial charge in [0.05, 0.1) is 0 Å². The van der Waals surface area contributed by atoms with E-state index in [2.05, 4.69) is 26.0 Å². The van der Waals surface area contributed by atoms with Crippen molar-refractivity contribution in [2.45, 2.75) is 52.4 Å². The van der Waals surface area contributed by atoms with Crippen molar-refractivity contribution >= 4 is 0 Å². The van der Waals surface area contributed by atoms with Crippen LogP contribution in [0.2, 0.25) is 0 Å². The van der Waals surface area contributed by atoms with Crippen molar-refractivity contribution in [3.05, 3.63) is 59.4 Å². The number of hydrogen-bond acceptors (Lipinski definition) is 0. The van der Waals surface area contributed by atoms with Crippen molar-refractivity contribution in [2.75, 3.05) is 0 Å². The quantitative estimate of drug-likeness (QED) is 0.533. The van der Waals surface area contributed by atoms with Crippen LogP contribution in [0.3, 0.4) is 0 Å². The third-order valence-corrected chi connectivity index (χ3v) is 3.93. The molecular weight excluding hydrogens is 259 g/mol. The van der Waals surface area contributed by atoms with Crippen molar-refractivity contribution in [3.8, 4) is 11.1 Å². The summed E-state index contributed by atoms with van der Waals surface area (Å²) in [6.07, 6.45) is 6.60. The lowest BCUT2D eigenvalue weighted by Gasteiger charge is -2.11. The fourth-order valence-electron chi connectivity index (χ4n) is 2.78. The summed E-state index contributed by atoms with van der Waals surface area (Å²) in [5, 5.41) is 0. The Hall–Kier alpha value is -1.63. The van der Waals surface area contributed by atoms with Gasteiger partial charge in [0, 0.05) is 5.56 Å². The summed E-state index contributed by atoms with van der Waals surface area (Å²) in [6.45, 7) is 4.35. The van der Waals surface area contributed by atoms with Gasteiger partial charge in [0.2, 0.25) is 0 Å². The zero-order valence-corrected chi connectivity index (χ0v) is 13.2. The van der Waals surface area contributed by atoms with E-state index in [1.807, 2.05) is 24.3 Å². The zero-order chi connectivity index (χ0) is 15.1. The van der Waals surface area contributed by atoms with E-state index in [9.17, 15) is 4.39 Å². The maximum atomic E-state index is 14.5. The molecule has 1 heteroatoms. The van der Waals surface area contributed by atoms with Crippen LogP contribution in [0, 0.1) is 5.82 Å². The van der Waals surface area contributed by atoms with Crippen LogP contribution in [0.5, 0.6) is 0 Å². The predicted octanol–water partition coefficient (Wildman–Crippen LogP) is 6.18. The maximum Gasteiger partial charge on any atom is 0.131 e. The number of hydrogen-bond donors (Lipinski definition) is 0. The largest absolute Gasteiger partial charge is 0.206 e. The highest BCUT2D eigenvalue weighted by Crippen LogP contribution is 2.28. The van der Waals surface area contributed by atoms with E-state index in [1.54, 1.807) is 6.07 Å². The van der Waals surface area contributed by atoms with Crippen molar-refractivity contribution < 1.29 is 4.39 Å². The first-order valence-electron chi connectivity index (χ1n) is 8.13. The van der Waals surface area contributed by atoms with E-state index in [1.165, 1.54) is 18.4 Å². The summed E-state index contributed by atoms with van der Waals surface area (Å²) < 4.78 is 14.5. The van der Waals surface area contributed by atoms with Gasteiger partial charge in [-0.15, -0.1) is 0 Å². The highest BCUT2D eigenvalue weighted by molar-refractivity contribution is 5.68. The molecule has 0 unspecified atom stereocenters. The van der Waals surface area contributed by atoms with Crippen LogP contribution in [-0.2, 0) is 12.8 Å². The molecule has 0 fully saturated rings. The van der Waals surface area contributed by atoms with Crippen LogP contribution in [0.15, 0.2) is 42.5 Å². The van der Waals surface area contributed by atoms with Crippen LogP contribution < -0.4 is 0 Å². The van der Waals surface area contributed by atoms with Gasteiger partial charge in [-0.25, -0.2) is 4.39 Å². The first-order valence-corrected chi connectivity index (χ1v) is 8.13. The molecule has 0 spiro atoms. The number of benzene rings is 2. The van der Waals surface area contributed by atoms with Gasteiger partial charge in [-0.05, 0) is 42.0 Å². The molecule has 0 aliphatic heterocycles. The predicted molar refractivity (Wildman–Crippen MR) is 89.1 cm³/mol. The number of rotatable bonds is 7. The standard InChI is InChI=1S/C20H25F/c1-3-5-6-10-16-13-14-19(20(21)15-16)18-12-8-7-11-17(18)9-4-2/h7-8,11-15H,3-6,9-10H2,1-2H3.